The molecule has 1 aliphatic carbocycles. The summed E-state index contributed by atoms with van der Waals surface area (Å²) in [4.78, 5) is 14.0. The van der Waals surface area contributed by atoms with Gasteiger partial charge >= 0.3 is 6.09 Å². The van der Waals surface area contributed by atoms with E-state index >= 15 is 0 Å². The third-order valence-electron chi connectivity index (χ3n) is 5.94. The van der Waals surface area contributed by atoms with Crippen molar-refractivity contribution in [2.45, 2.75) is 31.6 Å². The summed E-state index contributed by atoms with van der Waals surface area (Å²) in [5, 5.41) is 0. The van der Waals surface area contributed by atoms with E-state index in [2.05, 4.69) is 47.2 Å². The summed E-state index contributed by atoms with van der Waals surface area (Å²) in [6, 6.07) is 18.8. The molecule has 6 heteroatoms. The number of nitrogens with one attached hydrogen (secondary N) is 1. The zero-order valence-electron chi connectivity index (χ0n) is 18.2. The van der Waals surface area contributed by atoms with Crippen LogP contribution in [-0.2, 0) is 16.6 Å². The molecule has 166 valence electrons. The van der Waals surface area contributed by atoms with Crippen LogP contribution in [0.1, 0.15) is 30.9 Å². The number of ether oxygens (including phenoxy) is 2. The lowest BCUT2D eigenvalue weighted by Crippen LogP contribution is -2.62. The molecule has 4 rings (SSSR count). The van der Waals surface area contributed by atoms with Gasteiger partial charge in [0.25, 0.3) is 0 Å². The predicted molar refractivity (Wildman–Crippen MR) is 126 cm³/mol. The van der Waals surface area contributed by atoms with Crippen molar-refractivity contribution in [3.63, 3.8) is 0 Å². The van der Waals surface area contributed by atoms with Crippen molar-refractivity contribution >= 4 is 18.0 Å². The van der Waals surface area contributed by atoms with Gasteiger partial charge in [0, 0.05) is 30.8 Å². The van der Waals surface area contributed by atoms with Gasteiger partial charge in [-0.15, -0.1) is 0 Å². The van der Waals surface area contributed by atoms with Gasteiger partial charge in [0.2, 0.25) is 0 Å². The molecule has 1 amide bonds. The van der Waals surface area contributed by atoms with Crippen LogP contribution in [-0.4, -0.2) is 49.6 Å². The maximum absolute atomic E-state index is 12.2. The van der Waals surface area contributed by atoms with Crippen molar-refractivity contribution in [3.8, 4) is 5.75 Å². The zero-order valence-corrected chi connectivity index (χ0v) is 19.0. The van der Waals surface area contributed by atoms with Gasteiger partial charge < -0.3 is 14.4 Å². The van der Waals surface area contributed by atoms with E-state index in [4.69, 9.17) is 9.47 Å². The van der Waals surface area contributed by atoms with Crippen LogP contribution in [0.3, 0.4) is 0 Å². The highest BCUT2D eigenvalue weighted by molar-refractivity contribution is 7.97. The quantitative estimate of drug-likeness (QED) is 0.407. The average Bonchev–Trinajstić information content (AvgIpc) is 3.58. The maximum atomic E-state index is 12.2. The molecule has 2 fully saturated rings. The summed E-state index contributed by atoms with van der Waals surface area (Å²) < 4.78 is 14.6. The van der Waals surface area contributed by atoms with E-state index in [9.17, 15) is 4.79 Å². The molecule has 0 atom stereocenters. The van der Waals surface area contributed by atoms with Gasteiger partial charge in [0.05, 0.1) is 6.61 Å². The molecule has 2 aromatic rings. The average molecular weight is 441 g/mol. The molecule has 1 saturated carbocycles. The summed E-state index contributed by atoms with van der Waals surface area (Å²) in [5.41, 5.74) is 2.37. The molecule has 31 heavy (non-hydrogen) atoms. The fraction of sp³-hybridized carbons (Fsp3) is 0.480. The molecular weight excluding hydrogens is 408 g/mol. The Morgan fingerprint density at radius 3 is 2.71 bits per heavy atom. The first-order valence-electron chi connectivity index (χ1n) is 11.2. The van der Waals surface area contributed by atoms with E-state index in [1.54, 1.807) is 4.90 Å². The molecule has 1 N–H and O–H groups in total. The fourth-order valence-corrected chi connectivity index (χ4v) is 4.99. The minimum atomic E-state index is -0.228. The summed E-state index contributed by atoms with van der Waals surface area (Å²) >= 11 is 1.81. The van der Waals surface area contributed by atoms with Gasteiger partial charge in [0.1, 0.15) is 12.4 Å². The number of hydrogen-bond donors (Lipinski definition) is 1. The molecule has 0 unspecified atom stereocenters. The predicted octanol–water partition coefficient (Wildman–Crippen LogP) is 4.67. The minimum Gasteiger partial charge on any atom is -0.492 e. The Balaban J connectivity index is 1.39. The first-order valence-corrected chi connectivity index (χ1v) is 12.2. The van der Waals surface area contributed by atoms with Crippen LogP contribution in [0.2, 0.25) is 0 Å². The van der Waals surface area contributed by atoms with E-state index in [0.717, 1.165) is 24.6 Å². The molecule has 0 radical (unpaired) electrons. The SMILES string of the molecule is CCOC(=O)N1CC(Cc2ccccc2)(c2cccc(OCCNSCC3CC3)c2)C1. The van der Waals surface area contributed by atoms with Crippen molar-refractivity contribution < 1.29 is 14.3 Å². The molecule has 1 heterocycles. The van der Waals surface area contributed by atoms with E-state index in [0.29, 0.717) is 26.3 Å². The summed E-state index contributed by atoms with van der Waals surface area (Å²) in [5.74, 6) is 3.01. The molecule has 0 spiro atoms. The standard InChI is InChI=1S/C25H32N2O3S/c1-2-29-24(28)27-18-25(19-27,16-20-7-4-3-5-8-20)22-9-6-10-23(15-22)30-14-13-26-31-17-21-11-12-21/h3-10,15,21,26H,2,11-14,16-19H2,1H3. The highest BCUT2D eigenvalue weighted by atomic mass is 32.2. The number of carbonyl (C=O) groups is 1. The fourth-order valence-electron chi connectivity index (χ4n) is 4.07. The molecular formula is C25H32N2O3S. The third-order valence-corrected chi connectivity index (χ3v) is 6.98. The molecule has 1 saturated heterocycles. The van der Waals surface area contributed by atoms with Gasteiger partial charge in [-0.25, -0.2) is 4.79 Å². The summed E-state index contributed by atoms with van der Waals surface area (Å²) in [6.07, 6.45) is 3.42. The highest BCUT2D eigenvalue weighted by Crippen LogP contribution is 2.39. The molecule has 2 aromatic carbocycles. The first kappa shape index (κ1) is 22.0. The van der Waals surface area contributed by atoms with Gasteiger partial charge in [-0.2, -0.15) is 0 Å². The molecule has 1 aliphatic heterocycles. The number of benzene rings is 2. The molecule has 5 nitrogen and oxygen atoms in total. The number of carbonyl (C=O) groups excluding carboxylic acids is 1. The van der Waals surface area contributed by atoms with E-state index in [1.165, 1.54) is 29.7 Å². The second kappa shape index (κ2) is 10.4. The van der Waals surface area contributed by atoms with Crippen molar-refractivity contribution in [3.05, 3.63) is 65.7 Å². The topological polar surface area (TPSA) is 50.8 Å². The first-order chi connectivity index (χ1) is 15.2. The van der Waals surface area contributed by atoms with E-state index in [1.807, 2.05) is 31.0 Å². The second-order valence-corrected chi connectivity index (χ2v) is 9.43. The summed E-state index contributed by atoms with van der Waals surface area (Å²) in [6.45, 7) is 5.02. The number of amides is 1. The Kier molecular flexibility index (Phi) is 7.41. The second-order valence-electron chi connectivity index (χ2n) is 8.52. The van der Waals surface area contributed by atoms with E-state index < -0.39 is 0 Å². The Morgan fingerprint density at radius 1 is 1.16 bits per heavy atom. The van der Waals surface area contributed by atoms with Crippen LogP contribution in [0.5, 0.6) is 5.75 Å². The van der Waals surface area contributed by atoms with Crippen molar-refractivity contribution in [1.82, 2.24) is 9.62 Å². The minimum absolute atomic E-state index is 0.119. The highest BCUT2D eigenvalue weighted by Gasteiger charge is 2.47. The lowest BCUT2D eigenvalue weighted by Gasteiger charge is -2.50. The van der Waals surface area contributed by atoms with Crippen LogP contribution in [0.15, 0.2) is 54.6 Å². The van der Waals surface area contributed by atoms with Gasteiger partial charge in [0.15, 0.2) is 0 Å². The van der Waals surface area contributed by atoms with Gasteiger partial charge in [-0.1, -0.05) is 54.4 Å². The Labute approximate surface area is 189 Å². The van der Waals surface area contributed by atoms with Crippen LogP contribution in [0.25, 0.3) is 0 Å². The zero-order chi connectivity index (χ0) is 21.5. The van der Waals surface area contributed by atoms with Crippen molar-refractivity contribution in [2.24, 2.45) is 5.92 Å². The smallest absolute Gasteiger partial charge is 0.409 e. The van der Waals surface area contributed by atoms with Crippen LogP contribution in [0.4, 0.5) is 4.79 Å². The van der Waals surface area contributed by atoms with Crippen molar-refractivity contribution in [1.29, 1.82) is 0 Å². The monoisotopic (exact) mass is 440 g/mol. The molecule has 0 aromatic heterocycles. The number of likely N-dealkylation sites (tertiary alicyclic amines) is 1. The maximum Gasteiger partial charge on any atom is 0.409 e. The van der Waals surface area contributed by atoms with Gasteiger partial charge in [-0.3, -0.25) is 4.72 Å². The molecule has 0 bridgehead atoms. The lowest BCUT2D eigenvalue weighted by atomic mass is 9.69. The van der Waals surface area contributed by atoms with Crippen LogP contribution >= 0.6 is 11.9 Å². The third kappa shape index (κ3) is 5.95. The summed E-state index contributed by atoms with van der Waals surface area (Å²) in [7, 11) is 0. The van der Waals surface area contributed by atoms with Crippen LogP contribution < -0.4 is 9.46 Å². The largest absolute Gasteiger partial charge is 0.492 e. The molecule has 2 aliphatic rings. The Bertz CT molecular complexity index is 851. The van der Waals surface area contributed by atoms with E-state index in [-0.39, 0.29) is 11.5 Å². The Morgan fingerprint density at radius 2 is 1.97 bits per heavy atom. The number of nitrogens with zero attached hydrogens (tertiary/aromatic N) is 1. The van der Waals surface area contributed by atoms with Gasteiger partial charge in [-0.05, 0) is 55.4 Å². The van der Waals surface area contributed by atoms with Crippen molar-refractivity contribution in [2.75, 3.05) is 38.6 Å². The van der Waals surface area contributed by atoms with Crippen LogP contribution in [0, 0.1) is 5.92 Å². The number of hydrogen-bond acceptors (Lipinski definition) is 5. The normalized spacial score (nSPS) is 17.1. The lowest BCUT2D eigenvalue weighted by molar-refractivity contribution is 0.0392. The Hall–Kier alpha value is -2.18. The number of rotatable bonds is 11.